The highest BCUT2D eigenvalue weighted by Crippen LogP contribution is 2.25. The van der Waals surface area contributed by atoms with Crippen molar-refractivity contribution in [2.24, 2.45) is 5.92 Å². The molecular formula is C21H27NO2S. The molecule has 1 aliphatic heterocycles. The Morgan fingerprint density at radius 2 is 1.96 bits per heavy atom. The van der Waals surface area contributed by atoms with Crippen molar-refractivity contribution in [3.63, 3.8) is 0 Å². The van der Waals surface area contributed by atoms with E-state index in [1.807, 2.05) is 35.4 Å². The fraction of sp³-hybridized carbons (Fsp3) is 0.524. The van der Waals surface area contributed by atoms with E-state index in [1.54, 1.807) is 11.8 Å². The highest BCUT2D eigenvalue weighted by Gasteiger charge is 2.29. The third kappa shape index (κ3) is 4.75. The highest BCUT2D eigenvalue weighted by atomic mass is 32.2. The molecule has 3 nitrogen and oxygen atoms in total. The van der Waals surface area contributed by atoms with Crippen molar-refractivity contribution < 1.29 is 9.59 Å². The first-order valence-corrected chi connectivity index (χ1v) is 10.5. The summed E-state index contributed by atoms with van der Waals surface area (Å²) in [4.78, 5) is 28.5. The summed E-state index contributed by atoms with van der Waals surface area (Å²) in [5.74, 6) is 0.323. The predicted octanol–water partition coefficient (Wildman–Crippen LogP) is 4.72. The van der Waals surface area contributed by atoms with Gasteiger partial charge in [-0.3, -0.25) is 9.59 Å². The van der Waals surface area contributed by atoms with Crippen LogP contribution in [0.3, 0.4) is 0 Å². The Morgan fingerprint density at radius 3 is 2.64 bits per heavy atom. The summed E-state index contributed by atoms with van der Waals surface area (Å²) < 4.78 is 0. The van der Waals surface area contributed by atoms with Crippen LogP contribution in [-0.2, 0) is 4.79 Å². The molecule has 3 rings (SSSR count). The van der Waals surface area contributed by atoms with E-state index in [-0.39, 0.29) is 17.6 Å². The van der Waals surface area contributed by atoms with Gasteiger partial charge in [0, 0.05) is 35.9 Å². The molecule has 1 fully saturated rings. The van der Waals surface area contributed by atoms with Crippen molar-refractivity contribution in [1.82, 2.24) is 4.90 Å². The van der Waals surface area contributed by atoms with Crippen LogP contribution >= 0.6 is 11.8 Å². The van der Waals surface area contributed by atoms with Crippen LogP contribution in [0, 0.1) is 5.92 Å². The molecule has 1 aromatic carbocycles. The molecule has 1 amide bonds. The van der Waals surface area contributed by atoms with Gasteiger partial charge in [-0.1, -0.05) is 23.8 Å². The number of Topliss-reactive ketones (excluding diaryl/α,β-unsaturated/α-hetero) is 1. The van der Waals surface area contributed by atoms with Gasteiger partial charge in [-0.05, 0) is 56.9 Å². The molecule has 1 heterocycles. The summed E-state index contributed by atoms with van der Waals surface area (Å²) in [7, 11) is 0. The van der Waals surface area contributed by atoms with Crippen molar-refractivity contribution in [2.75, 3.05) is 19.3 Å². The standard InChI is InChI=1S/C21H27NO2S/c1-25-19-11-9-17(10-12-19)21(24)18-8-5-13-22(15-18)20(23)14-16-6-3-2-4-7-16/h6,9-12,18H,2-5,7-8,13-15H2,1H3/t18-/m1/s1. The molecule has 1 aliphatic carbocycles. The summed E-state index contributed by atoms with van der Waals surface area (Å²) in [5, 5.41) is 0. The maximum Gasteiger partial charge on any atom is 0.226 e. The van der Waals surface area contributed by atoms with E-state index in [0.717, 1.165) is 42.7 Å². The summed E-state index contributed by atoms with van der Waals surface area (Å²) in [6.07, 6.45) is 11.2. The lowest BCUT2D eigenvalue weighted by Crippen LogP contribution is -2.42. The molecule has 4 heteroatoms. The monoisotopic (exact) mass is 357 g/mol. The van der Waals surface area contributed by atoms with Crippen molar-refractivity contribution >= 4 is 23.5 Å². The zero-order valence-corrected chi connectivity index (χ0v) is 15.8. The topological polar surface area (TPSA) is 37.4 Å². The number of carbonyl (C=O) groups is 2. The summed E-state index contributed by atoms with van der Waals surface area (Å²) in [5.41, 5.74) is 2.06. The van der Waals surface area contributed by atoms with Gasteiger partial charge in [0.25, 0.3) is 0 Å². The number of hydrogen-bond donors (Lipinski definition) is 0. The number of rotatable bonds is 5. The molecule has 0 spiro atoms. The average molecular weight is 358 g/mol. The molecule has 0 saturated carbocycles. The van der Waals surface area contributed by atoms with Crippen LogP contribution < -0.4 is 0 Å². The third-order valence-electron chi connectivity index (χ3n) is 5.28. The van der Waals surface area contributed by atoms with Crippen LogP contribution in [0.4, 0.5) is 0 Å². The number of thioether (sulfide) groups is 1. The smallest absolute Gasteiger partial charge is 0.226 e. The fourth-order valence-electron chi connectivity index (χ4n) is 3.78. The Labute approximate surface area is 154 Å². The van der Waals surface area contributed by atoms with E-state index < -0.39 is 0 Å². The molecule has 0 aromatic heterocycles. The lowest BCUT2D eigenvalue weighted by Gasteiger charge is -2.32. The molecule has 0 N–H and O–H groups in total. The minimum Gasteiger partial charge on any atom is -0.342 e. The second kappa shape index (κ2) is 8.70. The number of hydrogen-bond acceptors (Lipinski definition) is 3. The van der Waals surface area contributed by atoms with E-state index in [2.05, 4.69) is 6.08 Å². The van der Waals surface area contributed by atoms with Crippen LogP contribution in [-0.4, -0.2) is 35.9 Å². The first-order valence-electron chi connectivity index (χ1n) is 9.31. The van der Waals surface area contributed by atoms with E-state index >= 15 is 0 Å². The maximum absolute atomic E-state index is 12.8. The second-order valence-corrected chi connectivity index (χ2v) is 7.94. The van der Waals surface area contributed by atoms with E-state index in [4.69, 9.17) is 0 Å². The number of likely N-dealkylation sites (tertiary alicyclic amines) is 1. The van der Waals surface area contributed by atoms with Gasteiger partial charge in [-0.25, -0.2) is 0 Å². The Balaban J connectivity index is 1.60. The van der Waals surface area contributed by atoms with Gasteiger partial charge < -0.3 is 4.90 Å². The highest BCUT2D eigenvalue weighted by molar-refractivity contribution is 7.98. The molecule has 1 atom stereocenters. The molecule has 0 unspecified atom stereocenters. The minimum atomic E-state index is -0.0573. The lowest BCUT2D eigenvalue weighted by molar-refractivity contribution is -0.131. The largest absolute Gasteiger partial charge is 0.342 e. The number of piperidine rings is 1. The lowest BCUT2D eigenvalue weighted by atomic mass is 9.89. The van der Waals surface area contributed by atoms with Gasteiger partial charge in [0.2, 0.25) is 5.91 Å². The quantitative estimate of drug-likeness (QED) is 0.435. The van der Waals surface area contributed by atoms with Gasteiger partial charge in [0.05, 0.1) is 0 Å². The SMILES string of the molecule is CSc1ccc(C(=O)[C@@H]2CCCN(C(=O)CC3=CCCCC3)C2)cc1. The van der Waals surface area contributed by atoms with Crippen LogP contribution in [0.15, 0.2) is 40.8 Å². The molecular weight excluding hydrogens is 330 g/mol. The Bertz CT molecular complexity index is 650. The molecule has 1 aromatic rings. The molecule has 0 radical (unpaired) electrons. The Morgan fingerprint density at radius 1 is 1.16 bits per heavy atom. The first kappa shape index (κ1) is 18.2. The molecule has 0 bridgehead atoms. The van der Waals surface area contributed by atoms with Crippen molar-refractivity contribution in [3.8, 4) is 0 Å². The third-order valence-corrected chi connectivity index (χ3v) is 6.03. The number of allylic oxidation sites excluding steroid dienone is 1. The number of benzene rings is 1. The number of amides is 1. The van der Waals surface area contributed by atoms with Crippen molar-refractivity contribution in [1.29, 1.82) is 0 Å². The Kier molecular flexibility index (Phi) is 6.35. The first-order chi connectivity index (χ1) is 12.2. The van der Waals surface area contributed by atoms with Crippen LogP contribution in [0.2, 0.25) is 0 Å². The van der Waals surface area contributed by atoms with Crippen LogP contribution in [0.25, 0.3) is 0 Å². The number of nitrogens with zero attached hydrogens (tertiary/aromatic N) is 1. The van der Waals surface area contributed by atoms with Crippen molar-refractivity contribution in [2.45, 2.75) is 49.8 Å². The zero-order valence-electron chi connectivity index (χ0n) is 15.0. The second-order valence-electron chi connectivity index (χ2n) is 7.06. The molecule has 134 valence electrons. The normalized spacial score (nSPS) is 20.9. The van der Waals surface area contributed by atoms with E-state index in [0.29, 0.717) is 13.0 Å². The van der Waals surface area contributed by atoms with Crippen LogP contribution in [0.5, 0.6) is 0 Å². The molecule has 1 saturated heterocycles. The summed E-state index contributed by atoms with van der Waals surface area (Å²) >= 11 is 1.68. The van der Waals surface area contributed by atoms with Gasteiger partial charge in [0.1, 0.15) is 0 Å². The van der Waals surface area contributed by atoms with Gasteiger partial charge >= 0.3 is 0 Å². The average Bonchev–Trinajstić information content (AvgIpc) is 2.68. The minimum absolute atomic E-state index is 0.0573. The zero-order chi connectivity index (χ0) is 17.6. The Hall–Kier alpha value is -1.55. The predicted molar refractivity (Wildman–Crippen MR) is 103 cm³/mol. The molecule has 2 aliphatic rings. The van der Waals surface area contributed by atoms with Gasteiger partial charge in [0.15, 0.2) is 5.78 Å². The fourth-order valence-corrected chi connectivity index (χ4v) is 4.19. The van der Waals surface area contributed by atoms with E-state index in [1.165, 1.54) is 18.4 Å². The maximum atomic E-state index is 12.8. The van der Waals surface area contributed by atoms with Crippen molar-refractivity contribution in [3.05, 3.63) is 41.5 Å². The van der Waals surface area contributed by atoms with Gasteiger partial charge in [-0.2, -0.15) is 0 Å². The molecule has 25 heavy (non-hydrogen) atoms. The summed E-state index contributed by atoms with van der Waals surface area (Å²) in [6.45, 7) is 1.37. The number of ketones is 1. The summed E-state index contributed by atoms with van der Waals surface area (Å²) in [6, 6.07) is 7.84. The van der Waals surface area contributed by atoms with E-state index in [9.17, 15) is 9.59 Å². The number of carbonyl (C=O) groups excluding carboxylic acids is 2. The van der Waals surface area contributed by atoms with Gasteiger partial charge in [-0.15, -0.1) is 11.8 Å². The van der Waals surface area contributed by atoms with Crippen LogP contribution in [0.1, 0.15) is 55.3 Å².